The minimum absolute atomic E-state index is 0.478. The first-order valence-corrected chi connectivity index (χ1v) is 4.13. The van der Waals surface area contributed by atoms with Gasteiger partial charge in [0.2, 0.25) is 0 Å². The largest absolute Gasteiger partial charge is 0.437 e. The summed E-state index contributed by atoms with van der Waals surface area (Å²) in [5, 5.41) is 10.1. The molecule has 1 aromatic rings. The lowest BCUT2D eigenvalue weighted by Gasteiger charge is -2.14. The number of nitrogens with zero attached hydrogens (tertiary/aromatic N) is 1. The quantitative estimate of drug-likeness (QED) is 0.355. The van der Waals surface area contributed by atoms with Crippen molar-refractivity contribution in [2.24, 2.45) is 5.16 Å². The van der Waals surface area contributed by atoms with Crippen molar-refractivity contribution >= 4 is 5.71 Å². The van der Waals surface area contributed by atoms with Gasteiger partial charge in [-0.05, 0) is 6.07 Å². The fraction of sp³-hybridized carbons (Fsp3) is 0.222. The van der Waals surface area contributed by atoms with Gasteiger partial charge in [-0.25, -0.2) is 0 Å². The van der Waals surface area contributed by atoms with E-state index in [4.69, 9.17) is 5.21 Å². The van der Waals surface area contributed by atoms with Crippen molar-refractivity contribution in [2.75, 3.05) is 0 Å². The van der Waals surface area contributed by atoms with Gasteiger partial charge < -0.3 is 5.21 Å². The first kappa shape index (κ1) is 13.3. The van der Waals surface area contributed by atoms with E-state index in [1.165, 1.54) is 0 Å². The van der Waals surface area contributed by atoms with E-state index >= 15 is 0 Å². The van der Waals surface area contributed by atoms with Crippen LogP contribution in [0.2, 0.25) is 0 Å². The molecule has 0 saturated carbocycles. The van der Waals surface area contributed by atoms with Crippen molar-refractivity contribution < 1.29 is 31.5 Å². The van der Waals surface area contributed by atoms with E-state index in [1.54, 1.807) is 0 Å². The number of alkyl halides is 6. The molecule has 1 aromatic carbocycles. The molecule has 0 heterocycles. The second-order valence-electron chi connectivity index (χ2n) is 2.99. The van der Waals surface area contributed by atoms with E-state index < -0.39 is 29.2 Å². The third-order valence-electron chi connectivity index (χ3n) is 1.86. The molecule has 0 spiro atoms. The van der Waals surface area contributed by atoms with E-state index in [0.717, 1.165) is 12.1 Å². The molecule has 0 bridgehead atoms. The highest BCUT2D eigenvalue weighted by atomic mass is 19.4. The molecule has 0 aromatic heterocycles. The zero-order valence-corrected chi connectivity index (χ0v) is 7.97. The summed E-state index contributed by atoms with van der Waals surface area (Å²) in [4.78, 5) is 0. The summed E-state index contributed by atoms with van der Waals surface area (Å²) in [5.74, 6) is 0. The lowest BCUT2D eigenvalue weighted by atomic mass is 10.0. The Balaban J connectivity index is 3.42. The number of hydrogen-bond donors (Lipinski definition) is 1. The van der Waals surface area contributed by atoms with E-state index in [0.29, 0.717) is 12.1 Å². The second-order valence-corrected chi connectivity index (χ2v) is 2.99. The van der Waals surface area contributed by atoms with Gasteiger partial charge >= 0.3 is 12.4 Å². The molecule has 0 fully saturated rings. The van der Waals surface area contributed by atoms with E-state index in [-0.39, 0.29) is 0 Å². The van der Waals surface area contributed by atoms with Crippen molar-refractivity contribution in [3.8, 4) is 0 Å². The van der Waals surface area contributed by atoms with Gasteiger partial charge in [0.1, 0.15) is 0 Å². The van der Waals surface area contributed by atoms with Crippen LogP contribution in [0.1, 0.15) is 11.1 Å². The zero-order chi connectivity index (χ0) is 13.3. The normalized spacial score (nSPS) is 13.9. The Kier molecular flexibility index (Phi) is 3.35. The summed E-state index contributed by atoms with van der Waals surface area (Å²) in [6.45, 7) is 0. The minimum atomic E-state index is -5.17. The SMILES string of the molecule is ON=C(c1ccccc1C(F)(F)F)C(F)(F)F. The summed E-state index contributed by atoms with van der Waals surface area (Å²) >= 11 is 0. The van der Waals surface area contributed by atoms with Crippen LogP contribution in [0, 0.1) is 0 Å². The Morgan fingerprint density at radius 3 is 1.94 bits per heavy atom. The van der Waals surface area contributed by atoms with Crippen LogP contribution in [0.4, 0.5) is 26.3 Å². The summed E-state index contributed by atoms with van der Waals surface area (Å²) < 4.78 is 74.2. The fourth-order valence-corrected chi connectivity index (χ4v) is 1.20. The lowest BCUT2D eigenvalue weighted by Crippen LogP contribution is -2.27. The first-order valence-electron chi connectivity index (χ1n) is 4.13. The Morgan fingerprint density at radius 1 is 1.00 bits per heavy atom. The molecule has 1 rings (SSSR count). The van der Waals surface area contributed by atoms with Crippen LogP contribution in [0.25, 0.3) is 0 Å². The number of benzene rings is 1. The van der Waals surface area contributed by atoms with Gasteiger partial charge in [-0.1, -0.05) is 23.4 Å². The van der Waals surface area contributed by atoms with Gasteiger partial charge in [0.05, 0.1) is 5.56 Å². The average Bonchev–Trinajstić information content (AvgIpc) is 2.15. The van der Waals surface area contributed by atoms with Gasteiger partial charge in [0.25, 0.3) is 0 Å². The summed E-state index contributed by atoms with van der Waals surface area (Å²) in [6.07, 6.45) is -10.1. The summed E-state index contributed by atoms with van der Waals surface area (Å²) in [5.41, 5.74) is -4.70. The highest BCUT2D eigenvalue weighted by Crippen LogP contribution is 2.34. The number of rotatable bonds is 1. The van der Waals surface area contributed by atoms with Crippen LogP contribution in [-0.2, 0) is 6.18 Å². The molecule has 0 aliphatic carbocycles. The zero-order valence-electron chi connectivity index (χ0n) is 7.97. The molecule has 0 amide bonds. The molecule has 0 aliphatic heterocycles. The molecular formula is C9H5F6NO. The third kappa shape index (κ3) is 2.89. The summed E-state index contributed by atoms with van der Waals surface area (Å²) in [6, 6.07) is 3.00. The third-order valence-corrected chi connectivity index (χ3v) is 1.86. The van der Waals surface area contributed by atoms with Crippen LogP contribution < -0.4 is 0 Å². The van der Waals surface area contributed by atoms with Crippen molar-refractivity contribution in [3.63, 3.8) is 0 Å². The average molecular weight is 257 g/mol. The molecule has 0 radical (unpaired) electrons. The molecule has 0 unspecified atom stereocenters. The van der Waals surface area contributed by atoms with Gasteiger partial charge in [-0.3, -0.25) is 0 Å². The van der Waals surface area contributed by atoms with Crippen LogP contribution >= 0.6 is 0 Å². The Labute approximate surface area is 91.2 Å². The Hall–Kier alpha value is -1.73. The van der Waals surface area contributed by atoms with E-state index in [9.17, 15) is 26.3 Å². The number of hydrogen-bond acceptors (Lipinski definition) is 2. The van der Waals surface area contributed by atoms with Crippen molar-refractivity contribution in [3.05, 3.63) is 35.4 Å². The highest BCUT2D eigenvalue weighted by molar-refractivity contribution is 6.05. The van der Waals surface area contributed by atoms with Crippen LogP contribution in [0.15, 0.2) is 29.4 Å². The minimum Gasteiger partial charge on any atom is -0.410 e. The maximum atomic E-state index is 12.4. The predicted molar refractivity (Wildman–Crippen MR) is 45.8 cm³/mol. The van der Waals surface area contributed by atoms with Gasteiger partial charge in [-0.2, -0.15) is 26.3 Å². The number of oxime groups is 1. The molecule has 0 atom stereocenters. The molecule has 17 heavy (non-hydrogen) atoms. The maximum absolute atomic E-state index is 12.4. The van der Waals surface area contributed by atoms with Crippen LogP contribution in [-0.4, -0.2) is 17.1 Å². The Bertz CT molecular complexity index is 434. The topological polar surface area (TPSA) is 32.6 Å². The van der Waals surface area contributed by atoms with Gasteiger partial charge in [-0.15, -0.1) is 0 Å². The van der Waals surface area contributed by atoms with Crippen molar-refractivity contribution in [1.29, 1.82) is 0 Å². The van der Waals surface area contributed by atoms with Gasteiger partial charge in [0, 0.05) is 5.56 Å². The fourth-order valence-electron chi connectivity index (χ4n) is 1.20. The molecule has 0 aliphatic rings. The van der Waals surface area contributed by atoms with E-state index in [1.807, 2.05) is 5.16 Å². The number of halogens is 6. The molecular weight excluding hydrogens is 252 g/mol. The lowest BCUT2D eigenvalue weighted by molar-refractivity contribution is -0.137. The molecule has 8 heteroatoms. The maximum Gasteiger partial charge on any atom is 0.437 e. The second kappa shape index (κ2) is 4.27. The molecule has 94 valence electrons. The van der Waals surface area contributed by atoms with Gasteiger partial charge in [0.15, 0.2) is 5.71 Å². The van der Waals surface area contributed by atoms with Crippen LogP contribution in [0.3, 0.4) is 0 Å². The standard InChI is InChI=1S/C9H5F6NO/c10-8(11,12)6-4-2-1-3-5(6)7(16-17)9(13,14)15/h1-4,17H. The molecule has 0 saturated heterocycles. The predicted octanol–water partition coefficient (Wildman–Crippen LogP) is 3.45. The molecule has 2 nitrogen and oxygen atoms in total. The van der Waals surface area contributed by atoms with E-state index in [2.05, 4.69) is 0 Å². The first-order chi connectivity index (χ1) is 7.68. The summed E-state index contributed by atoms with van der Waals surface area (Å²) in [7, 11) is 0. The highest BCUT2D eigenvalue weighted by Gasteiger charge is 2.43. The van der Waals surface area contributed by atoms with Crippen molar-refractivity contribution in [1.82, 2.24) is 0 Å². The molecule has 1 N–H and O–H groups in total. The smallest absolute Gasteiger partial charge is 0.410 e. The monoisotopic (exact) mass is 257 g/mol. The van der Waals surface area contributed by atoms with Crippen LogP contribution in [0.5, 0.6) is 0 Å². The van der Waals surface area contributed by atoms with Crippen molar-refractivity contribution in [2.45, 2.75) is 12.4 Å². The Morgan fingerprint density at radius 2 is 1.53 bits per heavy atom.